The maximum Gasteiger partial charge on any atom is 0.257 e. The second-order valence-electron chi connectivity index (χ2n) is 5.33. The van der Waals surface area contributed by atoms with Crippen LogP contribution in [0.15, 0.2) is 28.7 Å². The number of carbonyl (C=O) groups is 1. The van der Waals surface area contributed by atoms with E-state index in [1.54, 1.807) is 31.2 Å². The molecule has 0 saturated heterocycles. The molecule has 1 aliphatic heterocycles. The molecule has 6 nitrogen and oxygen atoms in total. The van der Waals surface area contributed by atoms with E-state index in [-0.39, 0.29) is 11.7 Å². The number of aromatic nitrogens is 1. The lowest BCUT2D eigenvalue weighted by molar-refractivity contribution is 0.102. The highest BCUT2D eigenvalue weighted by atomic mass is 79.9. The van der Waals surface area contributed by atoms with Gasteiger partial charge >= 0.3 is 0 Å². The van der Waals surface area contributed by atoms with Crippen molar-refractivity contribution in [3.8, 4) is 0 Å². The van der Waals surface area contributed by atoms with E-state index >= 15 is 0 Å². The molecule has 0 bridgehead atoms. The molecule has 0 atom stereocenters. The number of halogens is 1. The van der Waals surface area contributed by atoms with Crippen LogP contribution in [0.1, 0.15) is 27.9 Å². The summed E-state index contributed by atoms with van der Waals surface area (Å²) >= 11 is 4.67. The molecule has 1 aromatic heterocycles. The Morgan fingerprint density at radius 1 is 1.38 bits per heavy atom. The topological polar surface area (TPSA) is 79.4 Å². The number of nitrogens with one attached hydrogen (secondary N) is 1. The molecular formula is C15H16BrN3O3S2. The van der Waals surface area contributed by atoms with E-state index in [1.807, 2.05) is 0 Å². The minimum absolute atomic E-state index is 0.0916. The number of hydrogen-bond donors (Lipinski definition) is 1. The second-order valence-corrected chi connectivity index (χ2v) is 9.59. The Hall–Kier alpha value is -1.29. The largest absolute Gasteiger partial charge is 0.298 e. The maximum absolute atomic E-state index is 12.2. The predicted octanol–water partition coefficient (Wildman–Crippen LogP) is 2.87. The Balaban J connectivity index is 1.74. The monoisotopic (exact) mass is 429 g/mol. The number of anilines is 1. The summed E-state index contributed by atoms with van der Waals surface area (Å²) in [5.74, 6) is -0.138. The number of sulfonamides is 1. The van der Waals surface area contributed by atoms with Crippen molar-refractivity contribution in [1.82, 2.24) is 9.29 Å². The first-order valence-corrected chi connectivity index (χ1v) is 10.6. The predicted molar refractivity (Wildman–Crippen MR) is 97.8 cm³/mol. The van der Waals surface area contributed by atoms with Crippen LogP contribution < -0.4 is 5.32 Å². The van der Waals surface area contributed by atoms with Crippen LogP contribution in [0.2, 0.25) is 0 Å². The average molecular weight is 430 g/mol. The van der Waals surface area contributed by atoms with Gasteiger partial charge in [0.1, 0.15) is 0 Å². The standard InChI is InChI=1S/C15H16BrN3O3S2/c1-2-24(21,22)19-8-7-12-13(9-19)23-15(17-12)18-14(20)10-3-5-11(16)6-4-10/h3-6H,2,7-9H2,1H3,(H,17,18,20). The zero-order chi connectivity index (χ0) is 17.3. The lowest BCUT2D eigenvalue weighted by atomic mass is 10.2. The SMILES string of the molecule is CCS(=O)(=O)N1CCc2nc(NC(=O)c3ccc(Br)cc3)sc2C1. The number of fused-ring (bicyclic) bond motifs is 1. The van der Waals surface area contributed by atoms with Gasteiger partial charge in [0.05, 0.1) is 11.4 Å². The molecule has 24 heavy (non-hydrogen) atoms. The number of nitrogens with zero attached hydrogens (tertiary/aromatic N) is 2. The minimum Gasteiger partial charge on any atom is -0.298 e. The van der Waals surface area contributed by atoms with Crippen LogP contribution in [0.5, 0.6) is 0 Å². The van der Waals surface area contributed by atoms with Gasteiger partial charge in [0, 0.05) is 34.4 Å². The molecular weight excluding hydrogens is 414 g/mol. The summed E-state index contributed by atoms with van der Waals surface area (Å²) in [6, 6.07) is 7.05. The fraction of sp³-hybridized carbons (Fsp3) is 0.333. The van der Waals surface area contributed by atoms with Crippen LogP contribution in [0, 0.1) is 0 Å². The fourth-order valence-electron chi connectivity index (χ4n) is 2.42. The van der Waals surface area contributed by atoms with E-state index in [4.69, 9.17) is 0 Å². The van der Waals surface area contributed by atoms with Gasteiger partial charge in [0.15, 0.2) is 5.13 Å². The molecule has 1 aliphatic rings. The minimum atomic E-state index is -3.20. The third kappa shape index (κ3) is 3.69. The van der Waals surface area contributed by atoms with Crippen LogP contribution in [-0.4, -0.2) is 35.9 Å². The number of thiazole rings is 1. The van der Waals surface area contributed by atoms with Gasteiger partial charge in [-0.2, -0.15) is 4.31 Å². The van der Waals surface area contributed by atoms with Gasteiger partial charge in [-0.25, -0.2) is 13.4 Å². The van der Waals surface area contributed by atoms with Crippen molar-refractivity contribution in [2.24, 2.45) is 0 Å². The third-order valence-electron chi connectivity index (χ3n) is 3.78. The molecule has 0 aliphatic carbocycles. The average Bonchev–Trinajstić information content (AvgIpc) is 2.96. The molecule has 0 spiro atoms. The summed E-state index contributed by atoms with van der Waals surface area (Å²) in [6.07, 6.45) is 0.569. The Kier molecular flexibility index (Phi) is 5.05. The zero-order valence-electron chi connectivity index (χ0n) is 13.0. The Labute approximate surface area is 153 Å². The number of benzene rings is 1. The maximum atomic E-state index is 12.2. The van der Waals surface area contributed by atoms with Gasteiger partial charge in [-0.15, -0.1) is 11.3 Å². The molecule has 3 rings (SSSR count). The first kappa shape index (κ1) is 17.5. The number of carbonyl (C=O) groups excluding carboxylic acids is 1. The molecule has 128 valence electrons. The molecule has 2 heterocycles. The van der Waals surface area contributed by atoms with Crippen LogP contribution >= 0.6 is 27.3 Å². The summed E-state index contributed by atoms with van der Waals surface area (Å²) in [5, 5.41) is 3.29. The highest BCUT2D eigenvalue weighted by Gasteiger charge is 2.28. The van der Waals surface area contributed by atoms with Crippen molar-refractivity contribution < 1.29 is 13.2 Å². The quantitative estimate of drug-likeness (QED) is 0.809. The van der Waals surface area contributed by atoms with E-state index in [9.17, 15) is 13.2 Å². The first-order valence-electron chi connectivity index (χ1n) is 7.42. The lowest BCUT2D eigenvalue weighted by Crippen LogP contribution is -2.36. The van der Waals surface area contributed by atoms with Gasteiger partial charge < -0.3 is 0 Å². The van der Waals surface area contributed by atoms with Crippen molar-refractivity contribution in [3.05, 3.63) is 44.9 Å². The van der Waals surface area contributed by atoms with E-state index in [0.29, 0.717) is 30.2 Å². The molecule has 0 saturated carbocycles. The third-order valence-corrected chi connectivity index (χ3v) is 7.14. The Morgan fingerprint density at radius 3 is 2.75 bits per heavy atom. The molecule has 1 amide bonds. The van der Waals surface area contributed by atoms with Crippen LogP contribution in [0.4, 0.5) is 5.13 Å². The summed E-state index contributed by atoms with van der Waals surface area (Å²) in [5.41, 5.74) is 1.41. The van der Waals surface area contributed by atoms with E-state index in [1.165, 1.54) is 15.6 Å². The lowest BCUT2D eigenvalue weighted by Gasteiger charge is -2.24. The van der Waals surface area contributed by atoms with E-state index < -0.39 is 10.0 Å². The smallest absolute Gasteiger partial charge is 0.257 e. The summed E-state index contributed by atoms with van der Waals surface area (Å²) in [7, 11) is -3.20. The van der Waals surface area contributed by atoms with Crippen LogP contribution in [0.3, 0.4) is 0 Å². The number of amides is 1. The van der Waals surface area contributed by atoms with Crippen molar-refractivity contribution in [2.75, 3.05) is 17.6 Å². The highest BCUT2D eigenvalue weighted by molar-refractivity contribution is 9.10. The summed E-state index contributed by atoms with van der Waals surface area (Å²) in [4.78, 5) is 17.6. The normalized spacial score (nSPS) is 15.1. The molecule has 0 unspecified atom stereocenters. The highest BCUT2D eigenvalue weighted by Crippen LogP contribution is 2.29. The molecule has 2 aromatic rings. The molecule has 0 radical (unpaired) electrons. The molecule has 9 heteroatoms. The second kappa shape index (κ2) is 6.91. The zero-order valence-corrected chi connectivity index (χ0v) is 16.2. The summed E-state index contributed by atoms with van der Waals surface area (Å²) < 4.78 is 26.4. The van der Waals surface area contributed by atoms with Gasteiger partial charge in [-0.3, -0.25) is 10.1 Å². The Bertz CT molecular complexity index is 863. The number of hydrogen-bond acceptors (Lipinski definition) is 5. The van der Waals surface area contributed by atoms with Gasteiger partial charge in [-0.05, 0) is 31.2 Å². The van der Waals surface area contributed by atoms with E-state index in [0.717, 1.165) is 15.0 Å². The van der Waals surface area contributed by atoms with Crippen molar-refractivity contribution in [3.63, 3.8) is 0 Å². The fourth-order valence-corrected chi connectivity index (χ4v) is 4.84. The van der Waals surface area contributed by atoms with Crippen LogP contribution in [0.25, 0.3) is 0 Å². The van der Waals surface area contributed by atoms with Gasteiger partial charge in [0.25, 0.3) is 5.91 Å². The van der Waals surface area contributed by atoms with Crippen molar-refractivity contribution >= 4 is 48.3 Å². The Morgan fingerprint density at radius 2 is 2.08 bits per heavy atom. The number of rotatable bonds is 4. The van der Waals surface area contributed by atoms with E-state index in [2.05, 4.69) is 26.2 Å². The van der Waals surface area contributed by atoms with Crippen molar-refractivity contribution in [1.29, 1.82) is 0 Å². The summed E-state index contributed by atoms with van der Waals surface area (Å²) in [6.45, 7) is 2.41. The van der Waals surface area contributed by atoms with Crippen molar-refractivity contribution in [2.45, 2.75) is 19.9 Å². The molecule has 1 N–H and O–H groups in total. The molecule has 1 aromatic carbocycles. The molecule has 0 fully saturated rings. The van der Waals surface area contributed by atoms with Gasteiger partial charge in [0.2, 0.25) is 10.0 Å². The first-order chi connectivity index (χ1) is 11.4. The van der Waals surface area contributed by atoms with Crippen LogP contribution in [-0.2, 0) is 23.0 Å². The van der Waals surface area contributed by atoms with Gasteiger partial charge in [-0.1, -0.05) is 15.9 Å².